The third-order valence-corrected chi connectivity index (χ3v) is 6.70. The molecule has 0 rings (SSSR count). The van der Waals surface area contributed by atoms with Gasteiger partial charge < -0.3 is 10.2 Å². The summed E-state index contributed by atoms with van der Waals surface area (Å²) in [6.07, 6.45) is 0. The van der Waals surface area contributed by atoms with Crippen molar-refractivity contribution in [2.75, 3.05) is 47.9 Å². The van der Waals surface area contributed by atoms with Gasteiger partial charge in [0, 0.05) is 39.9 Å². The van der Waals surface area contributed by atoms with E-state index in [1.807, 2.05) is 0 Å². The van der Waals surface area contributed by atoms with E-state index in [4.69, 9.17) is 28.3 Å². The van der Waals surface area contributed by atoms with Crippen molar-refractivity contribution in [3.8, 4) is 0 Å². The lowest BCUT2D eigenvalue weighted by Gasteiger charge is -2.15. The first kappa shape index (κ1) is 18.6. The molecule has 0 saturated carbocycles. The predicted molar refractivity (Wildman–Crippen MR) is 85.4 cm³/mol. The Labute approximate surface area is 127 Å². The summed E-state index contributed by atoms with van der Waals surface area (Å²) in [5.74, 6) is 4.95. The number of aliphatic hydroxyl groups is 2. The number of hydrogen-bond acceptors (Lipinski definition) is 5. The van der Waals surface area contributed by atoms with Crippen molar-refractivity contribution in [3.63, 3.8) is 0 Å². The van der Waals surface area contributed by atoms with Crippen molar-refractivity contribution < 1.29 is 10.2 Å². The van der Waals surface area contributed by atoms with Gasteiger partial charge >= 0.3 is 0 Å². The van der Waals surface area contributed by atoms with Gasteiger partial charge in [0.1, 0.15) is 0 Å². The molecule has 7 heteroatoms. The average Bonchev–Trinajstić information content (AvgIpc) is 2.34. The Morgan fingerprint density at radius 2 is 1.71 bits per heavy atom. The smallest absolute Gasteiger partial charge is 0.0558 e. The second-order valence-electron chi connectivity index (χ2n) is 3.30. The maximum Gasteiger partial charge on any atom is 0.0558 e. The van der Waals surface area contributed by atoms with Crippen LogP contribution in [0.3, 0.4) is 0 Å². The van der Waals surface area contributed by atoms with E-state index >= 15 is 0 Å². The lowest BCUT2D eigenvalue weighted by molar-refractivity contribution is 0.301. The van der Waals surface area contributed by atoms with Gasteiger partial charge in [0.15, 0.2) is 0 Å². The zero-order valence-corrected chi connectivity index (χ0v) is 13.6. The number of hydrogen-bond donors (Lipinski definition) is 2. The van der Waals surface area contributed by atoms with Gasteiger partial charge in [-0.1, -0.05) is 0 Å². The lowest BCUT2D eigenvalue weighted by Crippen LogP contribution is -2.17. The molecule has 0 spiro atoms. The molecule has 0 aromatic heterocycles. The van der Waals surface area contributed by atoms with Gasteiger partial charge in [0.05, 0.1) is 18.6 Å². The van der Waals surface area contributed by atoms with E-state index in [2.05, 4.69) is 0 Å². The highest BCUT2D eigenvalue weighted by Crippen LogP contribution is 2.20. The lowest BCUT2D eigenvalue weighted by atomic mass is 10.5. The number of rotatable bonds is 12. The first-order valence-electron chi connectivity index (χ1n) is 5.43. The largest absolute Gasteiger partial charge is 0.396 e. The summed E-state index contributed by atoms with van der Waals surface area (Å²) in [7, 11) is 0. The van der Waals surface area contributed by atoms with Crippen molar-refractivity contribution in [1.29, 1.82) is 0 Å². The molecule has 2 N–H and O–H groups in total. The van der Waals surface area contributed by atoms with Crippen LogP contribution in [0.1, 0.15) is 0 Å². The first-order valence-corrected chi connectivity index (χ1v) is 9.76. The van der Waals surface area contributed by atoms with Crippen molar-refractivity contribution in [2.45, 2.75) is 10.6 Å². The van der Waals surface area contributed by atoms with Gasteiger partial charge in [-0.3, -0.25) is 0 Å². The normalized spacial score (nSPS) is 14.8. The quantitative estimate of drug-likeness (QED) is 0.422. The Morgan fingerprint density at radius 3 is 2.29 bits per heavy atom. The Morgan fingerprint density at radius 1 is 1.00 bits per heavy atom. The first-order chi connectivity index (χ1) is 8.24. The molecule has 2 atom stereocenters. The van der Waals surface area contributed by atoms with E-state index in [-0.39, 0.29) is 23.8 Å². The standard InChI is InChI=1S/C10H20Cl2O2S3/c11-1-3-15-6-9(12)7-17-10(5-14)8-16-4-2-13/h9-10,13-14H,1-8H2. The zero-order valence-electron chi connectivity index (χ0n) is 9.69. The second kappa shape index (κ2) is 14.0. The third-order valence-electron chi connectivity index (χ3n) is 1.78. The van der Waals surface area contributed by atoms with E-state index in [0.717, 1.165) is 28.8 Å². The van der Waals surface area contributed by atoms with E-state index in [0.29, 0.717) is 5.88 Å². The molecule has 0 heterocycles. The van der Waals surface area contributed by atoms with Crippen LogP contribution in [0.15, 0.2) is 0 Å². The van der Waals surface area contributed by atoms with Crippen LogP contribution >= 0.6 is 58.5 Å². The van der Waals surface area contributed by atoms with Crippen molar-refractivity contribution in [3.05, 3.63) is 0 Å². The summed E-state index contributed by atoms with van der Waals surface area (Å²) >= 11 is 16.9. The Bertz CT molecular complexity index is 166. The summed E-state index contributed by atoms with van der Waals surface area (Å²) in [6, 6.07) is 0. The summed E-state index contributed by atoms with van der Waals surface area (Å²) in [4.78, 5) is 0. The minimum Gasteiger partial charge on any atom is -0.396 e. The van der Waals surface area contributed by atoms with Crippen LogP contribution in [-0.2, 0) is 0 Å². The Balaban J connectivity index is 3.52. The van der Waals surface area contributed by atoms with Gasteiger partial charge in [-0.2, -0.15) is 35.3 Å². The molecule has 104 valence electrons. The van der Waals surface area contributed by atoms with E-state index < -0.39 is 0 Å². The molecular formula is C10H20Cl2O2S3. The molecule has 0 saturated heterocycles. The average molecular weight is 339 g/mol. The van der Waals surface area contributed by atoms with Gasteiger partial charge in [-0.25, -0.2) is 0 Å². The zero-order chi connectivity index (χ0) is 12.9. The molecule has 0 bridgehead atoms. The fourth-order valence-electron chi connectivity index (χ4n) is 0.987. The third kappa shape index (κ3) is 12.3. The molecule has 2 nitrogen and oxygen atoms in total. The Kier molecular flexibility index (Phi) is 15.2. The van der Waals surface area contributed by atoms with Crippen molar-refractivity contribution >= 4 is 58.5 Å². The molecule has 0 aliphatic rings. The number of alkyl halides is 2. The molecule has 0 aliphatic carbocycles. The van der Waals surface area contributed by atoms with Crippen LogP contribution in [0.5, 0.6) is 0 Å². The minimum absolute atomic E-state index is 0.130. The van der Waals surface area contributed by atoms with E-state index in [1.54, 1.807) is 35.3 Å². The molecule has 0 fully saturated rings. The van der Waals surface area contributed by atoms with E-state index in [9.17, 15) is 5.11 Å². The maximum absolute atomic E-state index is 9.19. The maximum atomic E-state index is 9.19. The van der Waals surface area contributed by atoms with Gasteiger partial charge in [0.2, 0.25) is 0 Å². The topological polar surface area (TPSA) is 40.5 Å². The monoisotopic (exact) mass is 338 g/mol. The van der Waals surface area contributed by atoms with Crippen LogP contribution in [0.25, 0.3) is 0 Å². The highest BCUT2D eigenvalue weighted by Gasteiger charge is 2.12. The molecular weight excluding hydrogens is 319 g/mol. The summed E-state index contributed by atoms with van der Waals surface area (Å²) in [5.41, 5.74) is 0. The number of thioether (sulfide) groups is 3. The molecule has 2 unspecified atom stereocenters. The van der Waals surface area contributed by atoms with Gasteiger partial charge in [-0.15, -0.1) is 23.2 Å². The van der Waals surface area contributed by atoms with Crippen molar-refractivity contribution in [2.24, 2.45) is 0 Å². The molecule has 17 heavy (non-hydrogen) atoms. The predicted octanol–water partition coefficient (Wildman–Crippen LogP) is 2.39. The van der Waals surface area contributed by atoms with E-state index in [1.165, 1.54) is 0 Å². The van der Waals surface area contributed by atoms with Crippen LogP contribution < -0.4 is 0 Å². The summed E-state index contributed by atoms with van der Waals surface area (Å²) < 4.78 is 0. The van der Waals surface area contributed by atoms with Crippen molar-refractivity contribution in [1.82, 2.24) is 0 Å². The fourth-order valence-corrected chi connectivity index (χ4v) is 4.64. The van der Waals surface area contributed by atoms with Crippen LogP contribution in [-0.4, -0.2) is 68.7 Å². The Hall–Kier alpha value is 1.55. The number of halogens is 2. The van der Waals surface area contributed by atoms with Gasteiger partial charge in [-0.05, 0) is 0 Å². The van der Waals surface area contributed by atoms with Crippen LogP contribution in [0.4, 0.5) is 0 Å². The second-order valence-corrected chi connectivity index (χ2v) is 7.93. The highest BCUT2D eigenvalue weighted by molar-refractivity contribution is 8.03. The van der Waals surface area contributed by atoms with Crippen LogP contribution in [0, 0.1) is 0 Å². The number of aliphatic hydroxyl groups excluding tert-OH is 2. The molecule has 0 aromatic carbocycles. The molecule has 0 radical (unpaired) electrons. The summed E-state index contributed by atoms with van der Waals surface area (Å²) in [5, 5.41) is 18.2. The van der Waals surface area contributed by atoms with Crippen LogP contribution in [0.2, 0.25) is 0 Å². The molecule has 0 amide bonds. The van der Waals surface area contributed by atoms with Gasteiger partial charge in [0.25, 0.3) is 0 Å². The molecule has 0 aliphatic heterocycles. The molecule has 0 aromatic rings. The summed E-state index contributed by atoms with van der Waals surface area (Å²) in [6.45, 7) is 0.363. The minimum atomic E-state index is 0.130. The fraction of sp³-hybridized carbons (Fsp3) is 1.00. The highest BCUT2D eigenvalue weighted by atomic mass is 35.5. The SMILES string of the molecule is OCCSCC(CO)SCC(Cl)CSCCCl.